The summed E-state index contributed by atoms with van der Waals surface area (Å²) in [6.45, 7) is 7.19. The molecule has 0 bridgehead atoms. The number of rotatable bonds is 8. The molecule has 1 unspecified atom stereocenters. The molecule has 1 fully saturated rings. The number of anilines is 1. The molecule has 8 nitrogen and oxygen atoms in total. The molecule has 2 aromatic rings. The van der Waals surface area contributed by atoms with Crippen LogP contribution in [0.15, 0.2) is 47.6 Å². The summed E-state index contributed by atoms with van der Waals surface area (Å²) >= 11 is 1.04. The highest BCUT2D eigenvalue weighted by atomic mass is 32.2. The number of hydrazone groups is 1. The van der Waals surface area contributed by atoms with Gasteiger partial charge >= 0.3 is 11.3 Å². The Morgan fingerprint density at radius 1 is 1.14 bits per heavy atom. The summed E-state index contributed by atoms with van der Waals surface area (Å²) in [7, 11) is 2.12. The molecule has 0 aromatic heterocycles. The molecule has 2 amide bonds. The maximum Gasteiger partial charge on any atom is 0.411 e. The number of carbonyl (C=O) groups is 2. The fourth-order valence-corrected chi connectivity index (χ4v) is 4.97. The highest BCUT2D eigenvalue weighted by molar-refractivity contribution is 8.14. The van der Waals surface area contributed by atoms with Crippen molar-refractivity contribution in [1.29, 1.82) is 0 Å². The molecule has 11 heteroatoms. The van der Waals surface area contributed by atoms with Crippen LogP contribution in [-0.4, -0.2) is 84.0 Å². The number of halogens is 2. The van der Waals surface area contributed by atoms with E-state index in [-0.39, 0.29) is 11.0 Å². The van der Waals surface area contributed by atoms with E-state index in [1.165, 1.54) is 11.1 Å². The van der Waals surface area contributed by atoms with Gasteiger partial charge in [0, 0.05) is 49.7 Å². The van der Waals surface area contributed by atoms with E-state index in [0.717, 1.165) is 68.6 Å². The number of carbonyl (C=O) groups excluding carboxylic acids is 2. The zero-order chi connectivity index (χ0) is 26.4. The summed E-state index contributed by atoms with van der Waals surface area (Å²) in [5.41, 5.74) is 2.18. The minimum absolute atomic E-state index is 0.253. The summed E-state index contributed by atoms with van der Waals surface area (Å²) in [4.78, 5) is 29.6. The quantitative estimate of drug-likeness (QED) is 0.494. The van der Waals surface area contributed by atoms with E-state index < -0.39 is 23.8 Å². The van der Waals surface area contributed by atoms with Gasteiger partial charge < -0.3 is 14.5 Å². The third-order valence-electron chi connectivity index (χ3n) is 6.43. The first kappa shape index (κ1) is 27.0. The molecule has 37 heavy (non-hydrogen) atoms. The van der Waals surface area contributed by atoms with Crippen molar-refractivity contribution in [2.24, 2.45) is 5.10 Å². The number of thioether (sulfide) groups is 1. The summed E-state index contributed by atoms with van der Waals surface area (Å²) in [5, 5.41) is 8.24. The lowest BCUT2D eigenvalue weighted by Gasteiger charge is -2.32. The van der Waals surface area contributed by atoms with Crippen molar-refractivity contribution in [3.63, 3.8) is 0 Å². The van der Waals surface area contributed by atoms with E-state index in [0.29, 0.717) is 23.6 Å². The second-order valence-corrected chi connectivity index (χ2v) is 10.1. The van der Waals surface area contributed by atoms with Crippen LogP contribution >= 0.6 is 11.8 Å². The second kappa shape index (κ2) is 12.5. The van der Waals surface area contributed by atoms with E-state index in [1.54, 1.807) is 18.2 Å². The molecule has 1 atom stereocenters. The molecular formula is C26H31F2N5O3S. The maximum absolute atomic E-state index is 13.7. The number of nitrogens with zero attached hydrogens (tertiary/aromatic N) is 4. The van der Waals surface area contributed by atoms with Crippen molar-refractivity contribution < 1.29 is 23.1 Å². The third-order valence-corrected chi connectivity index (χ3v) is 7.28. The number of nitrogens with one attached hydrogen (secondary N) is 1. The Kier molecular flexibility index (Phi) is 9.12. The van der Waals surface area contributed by atoms with E-state index >= 15 is 0 Å². The van der Waals surface area contributed by atoms with Crippen LogP contribution in [0.4, 0.5) is 24.1 Å². The van der Waals surface area contributed by atoms with Crippen molar-refractivity contribution >= 4 is 34.5 Å². The van der Waals surface area contributed by atoms with Crippen molar-refractivity contribution in [3.8, 4) is 0 Å². The molecular weight excluding hydrogens is 500 g/mol. The molecule has 0 radical (unpaired) electrons. The van der Waals surface area contributed by atoms with Crippen LogP contribution in [0.3, 0.4) is 0 Å². The van der Waals surface area contributed by atoms with E-state index in [4.69, 9.17) is 4.74 Å². The fraction of sp³-hybridized carbons (Fsp3) is 0.423. The molecule has 2 aliphatic rings. The summed E-state index contributed by atoms with van der Waals surface area (Å²) < 4.78 is 32.4. The molecule has 2 heterocycles. The summed E-state index contributed by atoms with van der Waals surface area (Å²) in [6.07, 6.45) is 0.229. The topological polar surface area (TPSA) is 77.5 Å². The molecule has 0 saturated carbocycles. The van der Waals surface area contributed by atoms with E-state index in [9.17, 15) is 18.4 Å². The van der Waals surface area contributed by atoms with Crippen molar-refractivity contribution in [1.82, 2.24) is 14.8 Å². The largest absolute Gasteiger partial charge is 0.449 e. The highest BCUT2D eigenvalue weighted by Crippen LogP contribution is 2.30. The molecule has 1 N–H and O–H groups in total. The molecule has 2 aliphatic heterocycles. The van der Waals surface area contributed by atoms with Gasteiger partial charge in [-0.25, -0.2) is 18.6 Å². The van der Waals surface area contributed by atoms with Gasteiger partial charge in [0.1, 0.15) is 0 Å². The summed E-state index contributed by atoms with van der Waals surface area (Å²) in [5.74, 6) is -1.64. The second-order valence-electron chi connectivity index (χ2n) is 9.14. The molecule has 0 spiro atoms. The van der Waals surface area contributed by atoms with E-state index in [2.05, 4.69) is 27.3 Å². The Bertz CT molecular complexity index is 1160. The Morgan fingerprint density at radius 2 is 1.92 bits per heavy atom. The van der Waals surface area contributed by atoms with Crippen LogP contribution in [0.5, 0.6) is 0 Å². The number of hydrogen-bond donors (Lipinski definition) is 1. The SMILES string of the molecule is CC(c1cccc(NC(=O)OCCCN2CCN(C)CC2)c1)N1N=C(c2ccc(F)c(F)c2)CSC1=O. The Morgan fingerprint density at radius 3 is 2.68 bits per heavy atom. The smallest absolute Gasteiger partial charge is 0.411 e. The van der Waals surface area contributed by atoms with Gasteiger partial charge in [-0.1, -0.05) is 23.9 Å². The van der Waals surface area contributed by atoms with Crippen LogP contribution in [0.1, 0.15) is 30.5 Å². The number of ether oxygens (including phenoxy) is 1. The number of amides is 2. The lowest BCUT2D eigenvalue weighted by molar-refractivity contribution is 0.130. The summed E-state index contributed by atoms with van der Waals surface area (Å²) in [6, 6.07) is 10.2. The minimum atomic E-state index is -0.966. The maximum atomic E-state index is 13.7. The fourth-order valence-electron chi connectivity index (χ4n) is 4.15. The molecule has 198 valence electrons. The van der Waals surface area contributed by atoms with Gasteiger partial charge in [0.15, 0.2) is 11.6 Å². The predicted octanol–water partition coefficient (Wildman–Crippen LogP) is 4.78. The van der Waals surface area contributed by atoms with Gasteiger partial charge in [0.2, 0.25) is 0 Å². The highest BCUT2D eigenvalue weighted by Gasteiger charge is 2.28. The third kappa shape index (κ3) is 7.27. The van der Waals surface area contributed by atoms with Gasteiger partial charge in [-0.15, -0.1) is 0 Å². The average Bonchev–Trinajstić information content (AvgIpc) is 2.89. The number of benzene rings is 2. The van der Waals surface area contributed by atoms with Crippen molar-refractivity contribution in [3.05, 3.63) is 65.2 Å². The average molecular weight is 532 g/mol. The first-order chi connectivity index (χ1) is 17.8. The lowest BCUT2D eigenvalue weighted by Crippen LogP contribution is -2.44. The zero-order valence-corrected chi connectivity index (χ0v) is 21.8. The normalized spacial score (nSPS) is 17.9. The molecule has 2 aromatic carbocycles. The van der Waals surface area contributed by atoms with Crippen LogP contribution in [0, 0.1) is 11.6 Å². The Labute approximate surface area is 219 Å². The van der Waals surface area contributed by atoms with Gasteiger partial charge in [-0.05, 0) is 56.3 Å². The van der Waals surface area contributed by atoms with Crippen LogP contribution in [-0.2, 0) is 4.74 Å². The first-order valence-electron chi connectivity index (χ1n) is 12.2. The Hall–Kier alpha value is -3.02. The molecule has 4 rings (SSSR count). The van der Waals surface area contributed by atoms with Crippen molar-refractivity contribution in [2.75, 3.05) is 57.4 Å². The van der Waals surface area contributed by atoms with E-state index in [1.807, 2.05) is 13.0 Å². The van der Waals surface area contributed by atoms with Crippen LogP contribution < -0.4 is 5.32 Å². The predicted molar refractivity (Wildman–Crippen MR) is 141 cm³/mol. The molecule has 0 aliphatic carbocycles. The standard InChI is InChI=1S/C26H31F2N5O3S/c1-18(33-26(35)37-17-24(30-33)20-7-8-22(27)23(28)16-20)19-5-3-6-21(15-19)29-25(34)36-14-4-9-32-12-10-31(2)11-13-32/h3,5-8,15-16,18H,4,9-14,17H2,1-2H3,(H,29,34). The van der Waals surface area contributed by atoms with Gasteiger partial charge in [0.25, 0.3) is 0 Å². The number of piperazine rings is 1. The van der Waals surface area contributed by atoms with Gasteiger partial charge in [-0.3, -0.25) is 10.1 Å². The van der Waals surface area contributed by atoms with Gasteiger partial charge in [0.05, 0.1) is 18.4 Å². The van der Waals surface area contributed by atoms with Crippen molar-refractivity contribution in [2.45, 2.75) is 19.4 Å². The number of hydrogen-bond acceptors (Lipinski definition) is 7. The number of likely N-dealkylation sites (N-methyl/N-ethyl adjacent to an activating group) is 1. The monoisotopic (exact) mass is 531 g/mol. The lowest BCUT2D eigenvalue weighted by atomic mass is 10.1. The van der Waals surface area contributed by atoms with Crippen LogP contribution in [0.2, 0.25) is 0 Å². The zero-order valence-electron chi connectivity index (χ0n) is 21.0. The van der Waals surface area contributed by atoms with Gasteiger partial charge in [-0.2, -0.15) is 5.10 Å². The Balaban J connectivity index is 1.33. The first-order valence-corrected chi connectivity index (χ1v) is 13.2. The van der Waals surface area contributed by atoms with Crippen LogP contribution in [0.25, 0.3) is 0 Å². The molecule has 1 saturated heterocycles. The minimum Gasteiger partial charge on any atom is -0.449 e.